The summed E-state index contributed by atoms with van der Waals surface area (Å²) in [6.45, 7) is 1.96. The predicted octanol–water partition coefficient (Wildman–Crippen LogP) is 2.22. The van der Waals surface area contributed by atoms with Crippen LogP contribution in [0.1, 0.15) is 6.92 Å². The molecule has 0 atom stereocenters. The third-order valence-electron chi connectivity index (χ3n) is 0.630. The van der Waals surface area contributed by atoms with Crippen LogP contribution in [0.15, 0.2) is 12.2 Å². The zero-order valence-electron chi connectivity index (χ0n) is 5.26. The van der Waals surface area contributed by atoms with Gasteiger partial charge in [0.05, 0.1) is 0 Å². The first-order chi connectivity index (χ1) is 4.31. The van der Waals surface area contributed by atoms with Gasteiger partial charge in [-0.05, 0) is 11.8 Å². The number of halogens is 1. The van der Waals surface area contributed by atoms with Gasteiger partial charge in [-0.25, -0.2) is 0 Å². The van der Waals surface area contributed by atoms with Crippen molar-refractivity contribution in [2.24, 2.45) is 0 Å². The maximum absolute atomic E-state index is 10.7. The lowest BCUT2D eigenvalue weighted by atomic mass is 10.6. The van der Waals surface area contributed by atoms with E-state index in [-0.39, 0.29) is 5.12 Å². The molecule has 0 aliphatic rings. The molecule has 0 unspecified atom stereocenters. The van der Waals surface area contributed by atoms with Gasteiger partial charge in [-0.2, -0.15) is 0 Å². The quantitative estimate of drug-likeness (QED) is 0.523. The van der Waals surface area contributed by atoms with Crippen LogP contribution >= 0.6 is 27.7 Å². The molecule has 0 saturated carbocycles. The number of hydrogen-bond acceptors (Lipinski definition) is 2. The number of alkyl halides is 1. The second-order valence-electron chi connectivity index (χ2n) is 1.31. The van der Waals surface area contributed by atoms with E-state index in [2.05, 4.69) is 15.9 Å². The molecule has 0 N–H and O–H groups in total. The van der Waals surface area contributed by atoms with Crippen LogP contribution in [0.3, 0.4) is 0 Å². The second kappa shape index (κ2) is 6.36. The molecule has 0 spiro atoms. The van der Waals surface area contributed by atoms with Crippen molar-refractivity contribution in [3.63, 3.8) is 0 Å². The minimum Gasteiger partial charge on any atom is -0.282 e. The van der Waals surface area contributed by atoms with Gasteiger partial charge in [0.15, 0.2) is 0 Å². The fourth-order valence-corrected chi connectivity index (χ4v) is 0.995. The van der Waals surface area contributed by atoms with Crippen LogP contribution in [0.4, 0.5) is 0 Å². The van der Waals surface area contributed by atoms with Crippen LogP contribution in [-0.4, -0.2) is 16.2 Å². The molecule has 52 valence electrons. The lowest BCUT2D eigenvalue weighted by Crippen LogP contribution is -1.84. The largest absolute Gasteiger partial charge is 0.282 e. The monoisotopic (exact) mass is 208 g/mol. The molecule has 0 aromatic heterocycles. The van der Waals surface area contributed by atoms with Crippen molar-refractivity contribution in [3.05, 3.63) is 12.2 Å². The number of carbonyl (C=O) groups is 1. The Morgan fingerprint density at radius 1 is 1.78 bits per heavy atom. The van der Waals surface area contributed by atoms with Crippen molar-refractivity contribution in [3.8, 4) is 0 Å². The van der Waals surface area contributed by atoms with Crippen LogP contribution in [-0.2, 0) is 4.79 Å². The van der Waals surface area contributed by atoms with Gasteiger partial charge in [0.2, 0.25) is 5.12 Å². The Labute approximate surface area is 68.0 Å². The number of allylic oxidation sites excluding steroid dienone is 1. The lowest BCUT2D eigenvalue weighted by Gasteiger charge is -1.85. The minimum atomic E-state index is 0.136. The fraction of sp³-hybridized carbons (Fsp3) is 0.500. The minimum absolute atomic E-state index is 0.136. The van der Waals surface area contributed by atoms with E-state index in [1.807, 2.05) is 6.92 Å². The first-order valence-electron chi connectivity index (χ1n) is 2.70. The molecular weight excluding hydrogens is 200 g/mol. The number of thioether (sulfide) groups is 1. The van der Waals surface area contributed by atoms with Crippen molar-refractivity contribution in [1.29, 1.82) is 0 Å². The molecule has 0 aliphatic heterocycles. The van der Waals surface area contributed by atoms with Crippen LogP contribution in [0.2, 0.25) is 0 Å². The summed E-state index contributed by atoms with van der Waals surface area (Å²) in [7, 11) is 0. The van der Waals surface area contributed by atoms with Gasteiger partial charge in [-0.3, -0.25) is 4.79 Å². The molecule has 0 aromatic rings. The van der Waals surface area contributed by atoms with Gasteiger partial charge in [0.1, 0.15) is 0 Å². The summed E-state index contributed by atoms with van der Waals surface area (Å²) >= 11 is 4.51. The van der Waals surface area contributed by atoms with Gasteiger partial charge in [-0.15, -0.1) is 0 Å². The van der Waals surface area contributed by atoms with E-state index >= 15 is 0 Å². The maximum Gasteiger partial charge on any atom is 0.211 e. The van der Waals surface area contributed by atoms with Crippen LogP contribution < -0.4 is 0 Å². The highest BCUT2D eigenvalue weighted by molar-refractivity contribution is 9.09. The zero-order chi connectivity index (χ0) is 7.11. The van der Waals surface area contributed by atoms with E-state index in [1.54, 1.807) is 12.2 Å². The molecule has 0 bridgehead atoms. The summed E-state index contributed by atoms with van der Waals surface area (Å²) in [6, 6.07) is 0. The molecule has 0 amide bonds. The first kappa shape index (κ1) is 9.24. The highest BCUT2D eigenvalue weighted by Crippen LogP contribution is 2.01. The van der Waals surface area contributed by atoms with Crippen molar-refractivity contribution in [2.75, 3.05) is 11.1 Å². The average Bonchev–Trinajstić information content (AvgIpc) is 1.85. The van der Waals surface area contributed by atoms with Gasteiger partial charge >= 0.3 is 0 Å². The molecule has 1 nitrogen and oxygen atoms in total. The molecule has 0 aromatic carbocycles. The number of rotatable bonds is 3. The van der Waals surface area contributed by atoms with Gasteiger partial charge in [0.25, 0.3) is 0 Å². The topological polar surface area (TPSA) is 17.1 Å². The van der Waals surface area contributed by atoms with E-state index in [1.165, 1.54) is 11.8 Å². The van der Waals surface area contributed by atoms with Crippen LogP contribution in [0.5, 0.6) is 0 Å². The molecule has 0 aliphatic carbocycles. The third kappa shape index (κ3) is 6.12. The molecule has 0 saturated heterocycles. The molecular formula is C6H9BrOS. The lowest BCUT2D eigenvalue weighted by molar-refractivity contribution is -0.107. The predicted molar refractivity (Wildman–Crippen MR) is 46.1 cm³/mol. The fourth-order valence-electron chi connectivity index (χ4n) is 0.331. The van der Waals surface area contributed by atoms with Crippen molar-refractivity contribution >= 4 is 32.8 Å². The Morgan fingerprint density at radius 2 is 2.44 bits per heavy atom. The standard InChI is InChI=1S/C6H9BrOS/c1-2-9-6(8)4-3-5-7/h3-4H,2,5H2,1H3/b4-3+. The average molecular weight is 209 g/mol. The van der Waals surface area contributed by atoms with E-state index < -0.39 is 0 Å². The van der Waals surface area contributed by atoms with E-state index in [4.69, 9.17) is 0 Å². The smallest absolute Gasteiger partial charge is 0.211 e. The van der Waals surface area contributed by atoms with Crippen molar-refractivity contribution in [2.45, 2.75) is 6.92 Å². The number of carbonyl (C=O) groups excluding carboxylic acids is 1. The van der Waals surface area contributed by atoms with Gasteiger partial charge in [0, 0.05) is 5.33 Å². The van der Waals surface area contributed by atoms with Crippen LogP contribution in [0, 0.1) is 0 Å². The van der Waals surface area contributed by atoms with Crippen LogP contribution in [0.25, 0.3) is 0 Å². The van der Waals surface area contributed by atoms with E-state index in [9.17, 15) is 4.79 Å². The Kier molecular flexibility index (Phi) is 6.53. The highest BCUT2D eigenvalue weighted by atomic mass is 79.9. The molecule has 9 heavy (non-hydrogen) atoms. The summed E-state index contributed by atoms with van der Waals surface area (Å²) < 4.78 is 0. The molecule has 0 fully saturated rings. The number of hydrogen-bond donors (Lipinski definition) is 0. The molecule has 0 rings (SSSR count). The second-order valence-corrected chi connectivity index (χ2v) is 3.22. The summed E-state index contributed by atoms with van der Waals surface area (Å²) in [4.78, 5) is 10.7. The van der Waals surface area contributed by atoms with Gasteiger partial charge < -0.3 is 0 Å². The normalized spacial score (nSPS) is 10.4. The molecule has 0 heterocycles. The summed E-state index contributed by atoms with van der Waals surface area (Å²) in [5, 5.41) is 0.889. The first-order valence-corrected chi connectivity index (χ1v) is 4.81. The molecule has 3 heteroatoms. The van der Waals surface area contributed by atoms with Crippen molar-refractivity contribution in [1.82, 2.24) is 0 Å². The van der Waals surface area contributed by atoms with Gasteiger partial charge in [-0.1, -0.05) is 40.7 Å². The maximum atomic E-state index is 10.7. The molecule has 0 radical (unpaired) electrons. The SMILES string of the molecule is CCSC(=O)/C=C/CBr. The third-order valence-corrected chi connectivity index (χ3v) is 1.71. The Hall–Kier alpha value is 0.240. The van der Waals surface area contributed by atoms with E-state index in [0.717, 1.165) is 11.1 Å². The Bertz CT molecular complexity index is 112. The summed E-state index contributed by atoms with van der Waals surface area (Å²) in [5.41, 5.74) is 0. The Morgan fingerprint density at radius 3 is 2.89 bits per heavy atom. The summed E-state index contributed by atoms with van der Waals surface area (Å²) in [5.74, 6) is 0.853. The van der Waals surface area contributed by atoms with E-state index in [0.29, 0.717) is 0 Å². The summed E-state index contributed by atoms with van der Waals surface area (Å²) in [6.07, 6.45) is 3.38. The van der Waals surface area contributed by atoms with Crippen molar-refractivity contribution < 1.29 is 4.79 Å². The highest BCUT2D eigenvalue weighted by Gasteiger charge is 1.90. The zero-order valence-corrected chi connectivity index (χ0v) is 7.67. The Balaban J connectivity index is 3.37.